The molecule has 0 bridgehead atoms. The number of para-hydroxylation sites is 1. The van der Waals surface area contributed by atoms with E-state index < -0.39 is 5.60 Å². The lowest BCUT2D eigenvalue weighted by atomic mass is 9.70. The van der Waals surface area contributed by atoms with Crippen molar-refractivity contribution in [3.63, 3.8) is 0 Å². The van der Waals surface area contributed by atoms with Crippen LogP contribution in [0.3, 0.4) is 0 Å². The number of hydrogen-bond acceptors (Lipinski definition) is 3. The summed E-state index contributed by atoms with van der Waals surface area (Å²) < 4.78 is 6.45. The maximum absolute atomic E-state index is 12.9. The third-order valence-corrected chi connectivity index (χ3v) is 6.55. The van der Waals surface area contributed by atoms with Crippen LogP contribution in [0, 0.1) is 12.3 Å². The molecule has 0 saturated heterocycles. The van der Waals surface area contributed by atoms with Crippen LogP contribution in [0.2, 0.25) is 0 Å². The van der Waals surface area contributed by atoms with Crippen molar-refractivity contribution in [2.24, 2.45) is 5.41 Å². The average Bonchev–Trinajstić information content (AvgIpc) is 2.70. The number of hydrogen-bond donors (Lipinski definition) is 0. The molecule has 0 spiro atoms. The molecule has 3 heteroatoms. The number of carbonyl (C=O) groups excluding carboxylic acids is 1. The SMILES string of the molecule is Cc1cccc2c1O[C@]1(C)C3=C(CC(C)(C)CC3=O)SC[C@H]21. The van der Waals surface area contributed by atoms with Crippen molar-refractivity contribution in [1.82, 2.24) is 0 Å². The Kier molecular flexibility index (Phi) is 2.88. The fourth-order valence-electron chi connectivity index (χ4n) is 4.27. The fraction of sp³-hybridized carbons (Fsp3) is 0.526. The highest BCUT2D eigenvalue weighted by atomic mass is 32.2. The summed E-state index contributed by atoms with van der Waals surface area (Å²) in [5.41, 5.74) is 3.02. The van der Waals surface area contributed by atoms with Crippen molar-refractivity contribution in [1.29, 1.82) is 0 Å². The van der Waals surface area contributed by atoms with Gasteiger partial charge in [0.2, 0.25) is 0 Å². The standard InChI is InChI=1S/C19H22O2S/c1-11-6-5-7-12-13-10-22-15-9-18(2,3)8-14(20)16(15)19(13,4)21-17(11)12/h5-7,13H,8-10H2,1-4H3/t13-,19+/m1/s1. The number of ether oxygens (including phenoxy) is 1. The molecule has 1 aromatic rings. The molecule has 3 aliphatic rings. The van der Waals surface area contributed by atoms with Gasteiger partial charge in [-0.05, 0) is 36.2 Å². The van der Waals surface area contributed by atoms with E-state index in [1.807, 2.05) is 11.8 Å². The second kappa shape index (κ2) is 4.41. The summed E-state index contributed by atoms with van der Waals surface area (Å²) in [6, 6.07) is 6.36. The second-order valence-corrected chi connectivity index (χ2v) is 8.92. The lowest BCUT2D eigenvalue weighted by molar-refractivity contribution is -0.119. The minimum Gasteiger partial charge on any atom is -0.481 e. The molecule has 2 atom stereocenters. The molecule has 1 aliphatic carbocycles. The molecule has 0 aromatic heterocycles. The van der Waals surface area contributed by atoms with Gasteiger partial charge in [-0.2, -0.15) is 0 Å². The van der Waals surface area contributed by atoms with E-state index in [4.69, 9.17) is 4.74 Å². The van der Waals surface area contributed by atoms with Crippen molar-refractivity contribution in [3.8, 4) is 5.75 Å². The Morgan fingerprint density at radius 3 is 2.77 bits per heavy atom. The number of benzene rings is 1. The second-order valence-electron chi connectivity index (χ2n) is 7.81. The molecule has 0 fully saturated rings. The first kappa shape index (κ1) is 14.4. The summed E-state index contributed by atoms with van der Waals surface area (Å²) in [5.74, 6) is 2.59. The van der Waals surface area contributed by atoms with Crippen LogP contribution in [-0.4, -0.2) is 17.1 Å². The van der Waals surface area contributed by atoms with Crippen molar-refractivity contribution in [3.05, 3.63) is 39.8 Å². The molecule has 0 radical (unpaired) electrons. The third-order valence-electron chi connectivity index (χ3n) is 5.35. The predicted octanol–water partition coefficient (Wildman–Crippen LogP) is 4.62. The van der Waals surface area contributed by atoms with E-state index in [2.05, 4.69) is 45.9 Å². The molecule has 22 heavy (non-hydrogen) atoms. The van der Waals surface area contributed by atoms with E-state index in [-0.39, 0.29) is 17.1 Å². The van der Waals surface area contributed by atoms with Crippen molar-refractivity contribution in [2.45, 2.75) is 52.1 Å². The molecule has 1 aromatic carbocycles. The Morgan fingerprint density at radius 2 is 2.00 bits per heavy atom. The smallest absolute Gasteiger partial charge is 0.164 e. The Hall–Kier alpha value is -1.22. The summed E-state index contributed by atoms with van der Waals surface area (Å²) in [4.78, 5) is 14.1. The first-order chi connectivity index (χ1) is 10.3. The van der Waals surface area contributed by atoms with Crippen LogP contribution in [0.1, 0.15) is 50.7 Å². The van der Waals surface area contributed by atoms with E-state index in [0.29, 0.717) is 6.42 Å². The summed E-state index contributed by atoms with van der Waals surface area (Å²) in [6.45, 7) is 8.60. The zero-order valence-corrected chi connectivity index (χ0v) is 14.5. The molecule has 0 saturated carbocycles. The topological polar surface area (TPSA) is 26.3 Å². The van der Waals surface area contributed by atoms with Gasteiger partial charge in [-0.15, -0.1) is 11.8 Å². The Bertz CT molecular complexity index is 716. The molecule has 2 heterocycles. The lowest BCUT2D eigenvalue weighted by Gasteiger charge is -2.43. The van der Waals surface area contributed by atoms with Gasteiger partial charge >= 0.3 is 0 Å². The monoisotopic (exact) mass is 314 g/mol. The first-order valence-electron chi connectivity index (χ1n) is 8.00. The third kappa shape index (κ3) is 1.84. The van der Waals surface area contributed by atoms with E-state index in [1.54, 1.807) is 0 Å². The molecular formula is C19H22O2S. The summed E-state index contributed by atoms with van der Waals surface area (Å²) in [5, 5.41) is 0. The average molecular weight is 314 g/mol. The van der Waals surface area contributed by atoms with Gasteiger partial charge in [0, 0.05) is 29.2 Å². The predicted molar refractivity (Wildman–Crippen MR) is 90.5 cm³/mol. The molecule has 2 nitrogen and oxygen atoms in total. The summed E-state index contributed by atoms with van der Waals surface area (Å²) >= 11 is 1.88. The molecule has 116 valence electrons. The summed E-state index contributed by atoms with van der Waals surface area (Å²) in [7, 11) is 0. The van der Waals surface area contributed by atoms with Gasteiger partial charge in [-0.25, -0.2) is 0 Å². The number of Topliss-reactive ketones (excluding diaryl/α,β-unsaturated/α-hetero) is 1. The molecular weight excluding hydrogens is 292 g/mol. The quantitative estimate of drug-likeness (QED) is 0.699. The van der Waals surface area contributed by atoms with Gasteiger partial charge in [0.25, 0.3) is 0 Å². The number of rotatable bonds is 0. The molecule has 0 N–H and O–H groups in total. The van der Waals surface area contributed by atoms with Crippen LogP contribution in [0.25, 0.3) is 0 Å². The van der Waals surface area contributed by atoms with Crippen LogP contribution in [0.15, 0.2) is 28.7 Å². The highest BCUT2D eigenvalue weighted by Crippen LogP contribution is 2.58. The van der Waals surface area contributed by atoms with Crippen LogP contribution in [0.5, 0.6) is 5.75 Å². The first-order valence-corrected chi connectivity index (χ1v) is 8.98. The molecule has 2 aliphatic heterocycles. The molecule has 4 rings (SSSR count). The van der Waals surface area contributed by atoms with Gasteiger partial charge in [-0.1, -0.05) is 32.0 Å². The Balaban J connectivity index is 1.86. The lowest BCUT2D eigenvalue weighted by Crippen LogP contribution is -2.46. The van der Waals surface area contributed by atoms with E-state index in [1.165, 1.54) is 16.0 Å². The number of fused-ring (bicyclic) bond motifs is 4. The largest absolute Gasteiger partial charge is 0.481 e. The van der Waals surface area contributed by atoms with Crippen molar-refractivity contribution < 1.29 is 9.53 Å². The van der Waals surface area contributed by atoms with Crippen LogP contribution >= 0.6 is 11.8 Å². The number of thioether (sulfide) groups is 1. The minimum atomic E-state index is -0.470. The van der Waals surface area contributed by atoms with E-state index >= 15 is 0 Å². The minimum absolute atomic E-state index is 0.0769. The number of aryl methyl sites for hydroxylation is 1. The highest BCUT2D eigenvalue weighted by molar-refractivity contribution is 8.03. The van der Waals surface area contributed by atoms with Gasteiger partial charge in [0.1, 0.15) is 11.4 Å². The van der Waals surface area contributed by atoms with Gasteiger partial charge in [-0.3, -0.25) is 4.79 Å². The number of carbonyl (C=O) groups is 1. The zero-order chi connectivity index (χ0) is 15.7. The van der Waals surface area contributed by atoms with Gasteiger partial charge < -0.3 is 4.74 Å². The van der Waals surface area contributed by atoms with Gasteiger partial charge in [0.15, 0.2) is 5.78 Å². The maximum atomic E-state index is 12.9. The van der Waals surface area contributed by atoms with Crippen molar-refractivity contribution in [2.75, 3.05) is 5.75 Å². The molecule has 0 amide bonds. The number of ketones is 1. The normalized spacial score (nSPS) is 32.2. The summed E-state index contributed by atoms with van der Waals surface area (Å²) in [6.07, 6.45) is 1.63. The van der Waals surface area contributed by atoms with Crippen LogP contribution < -0.4 is 4.74 Å². The Labute approximate surface area is 136 Å². The van der Waals surface area contributed by atoms with Crippen molar-refractivity contribution >= 4 is 17.5 Å². The van der Waals surface area contributed by atoms with Gasteiger partial charge in [0.05, 0.1) is 0 Å². The maximum Gasteiger partial charge on any atom is 0.164 e. The zero-order valence-electron chi connectivity index (χ0n) is 13.7. The Morgan fingerprint density at radius 1 is 1.23 bits per heavy atom. The highest BCUT2D eigenvalue weighted by Gasteiger charge is 2.55. The number of allylic oxidation sites excluding steroid dienone is 1. The van der Waals surface area contributed by atoms with Crippen LogP contribution in [-0.2, 0) is 4.79 Å². The van der Waals surface area contributed by atoms with Crippen LogP contribution in [0.4, 0.5) is 0 Å². The van der Waals surface area contributed by atoms with E-state index in [9.17, 15) is 4.79 Å². The fourth-order valence-corrected chi connectivity index (χ4v) is 6.09. The van der Waals surface area contributed by atoms with E-state index in [0.717, 1.165) is 23.5 Å². The molecule has 0 unspecified atom stereocenters.